The van der Waals surface area contributed by atoms with Crippen molar-refractivity contribution in [3.8, 4) is 0 Å². The van der Waals surface area contributed by atoms with Crippen molar-refractivity contribution in [2.24, 2.45) is 0 Å². The molecule has 0 aliphatic rings. The van der Waals surface area contributed by atoms with Crippen LogP contribution in [0.4, 0.5) is 0 Å². The number of benzene rings is 1. The summed E-state index contributed by atoms with van der Waals surface area (Å²) >= 11 is 1.49. The average Bonchev–Trinajstić information content (AvgIpc) is 2.73. The maximum absolute atomic E-state index is 12.4. The molecular weight excluding hydrogens is 398 g/mol. The van der Waals surface area contributed by atoms with Gasteiger partial charge in [0.2, 0.25) is 0 Å². The van der Waals surface area contributed by atoms with Gasteiger partial charge in [0.25, 0.3) is 5.91 Å². The number of carbonyl (C=O) groups is 2. The number of thioether (sulfide) groups is 1. The fourth-order valence-electron chi connectivity index (χ4n) is 3.29. The average molecular weight is 430 g/mol. The number of ether oxygens (including phenoxy) is 1. The number of nitrogens with zero attached hydrogens (tertiary/aromatic N) is 2. The quantitative estimate of drug-likeness (QED) is 0.349. The smallest absolute Gasteiger partial charge is 0.306 e. The molecule has 1 heterocycles. The Hall–Kier alpha value is -2.41. The fraction of sp³-hybridized carbons (Fsp3) is 0.478. The maximum atomic E-state index is 12.4. The highest BCUT2D eigenvalue weighted by atomic mass is 32.2. The summed E-state index contributed by atoms with van der Waals surface area (Å²) in [6, 6.07) is 10.1. The van der Waals surface area contributed by atoms with Gasteiger partial charge in [0.1, 0.15) is 0 Å². The maximum Gasteiger partial charge on any atom is 0.306 e. The molecule has 162 valence electrons. The van der Waals surface area contributed by atoms with E-state index < -0.39 is 12.1 Å². The normalized spacial score (nSPS) is 12.8. The van der Waals surface area contributed by atoms with Gasteiger partial charge < -0.3 is 10.1 Å². The Morgan fingerprint density at radius 1 is 1.13 bits per heavy atom. The molecule has 1 aromatic carbocycles. The molecule has 0 unspecified atom stereocenters. The Morgan fingerprint density at radius 2 is 1.77 bits per heavy atom. The second-order valence-corrected chi connectivity index (χ2v) is 8.03. The van der Waals surface area contributed by atoms with Gasteiger partial charge in [0, 0.05) is 30.3 Å². The zero-order valence-corrected chi connectivity index (χ0v) is 19.2. The summed E-state index contributed by atoms with van der Waals surface area (Å²) in [5.41, 5.74) is 3.88. The van der Waals surface area contributed by atoms with Crippen molar-refractivity contribution in [1.82, 2.24) is 15.3 Å². The standard InChI is InChI=1S/C23H31N3O3S/c1-6-18(19-10-8-7-9-11-19)14-24-22(28)17(4)29-21(27)13-12-20-15(2)25-23(30-5)26-16(20)3/h7-11,17-18H,6,12-14H2,1-5H3,(H,24,28)/t17-,18-/m1/s1. The molecule has 2 rings (SSSR count). The highest BCUT2D eigenvalue weighted by Gasteiger charge is 2.20. The van der Waals surface area contributed by atoms with Crippen LogP contribution < -0.4 is 5.32 Å². The van der Waals surface area contributed by atoms with E-state index in [4.69, 9.17) is 4.74 Å². The minimum Gasteiger partial charge on any atom is -0.453 e. The van der Waals surface area contributed by atoms with Crippen molar-refractivity contribution < 1.29 is 14.3 Å². The van der Waals surface area contributed by atoms with Gasteiger partial charge >= 0.3 is 5.97 Å². The predicted octanol–water partition coefficient (Wildman–Crippen LogP) is 3.99. The minimum atomic E-state index is -0.830. The molecule has 0 fully saturated rings. The van der Waals surface area contributed by atoms with E-state index in [1.807, 2.05) is 38.3 Å². The van der Waals surface area contributed by atoms with E-state index in [0.29, 0.717) is 13.0 Å². The number of nitrogens with one attached hydrogen (secondary N) is 1. The van der Waals surface area contributed by atoms with E-state index in [0.717, 1.165) is 28.5 Å². The molecule has 0 saturated heterocycles. The van der Waals surface area contributed by atoms with Gasteiger partial charge in [0.05, 0.1) is 0 Å². The number of esters is 1. The number of aryl methyl sites for hydroxylation is 2. The molecule has 2 aromatic rings. The highest BCUT2D eigenvalue weighted by molar-refractivity contribution is 7.98. The summed E-state index contributed by atoms with van der Waals surface area (Å²) in [6.07, 6.45) is 2.69. The van der Waals surface area contributed by atoms with Gasteiger partial charge in [-0.05, 0) is 51.0 Å². The van der Waals surface area contributed by atoms with Crippen molar-refractivity contribution >= 4 is 23.6 Å². The van der Waals surface area contributed by atoms with E-state index in [2.05, 4.69) is 34.3 Å². The van der Waals surface area contributed by atoms with Crippen molar-refractivity contribution in [2.45, 2.75) is 64.1 Å². The number of rotatable bonds is 10. The third kappa shape index (κ3) is 6.83. The molecule has 0 aliphatic carbocycles. The molecule has 0 saturated carbocycles. The Labute approximate surface area is 183 Å². The number of aromatic nitrogens is 2. The predicted molar refractivity (Wildman–Crippen MR) is 120 cm³/mol. The lowest BCUT2D eigenvalue weighted by molar-refractivity contribution is -0.154. The summed E-state index contributed by atoms with van der Waals surface area (Å²) in [7, 11) is 0. The lowest BCUT2D eigenvalue weighted by Crippen LogP contribution is -2.38. The van der Waals surface area contributed by atoms with E-state index in [9.17, 15) is 9.59 Å². The van der Waals surface area contributed by atoms with E-state index >= 15 is 0 Å². The number of amides is 1. The van der Waals surface area contributed by atoms with Crippen LogP contribution in [0.1, 0.15) is 55.1 Å². The molecule has 1 aromatic heterocycles. The summed E-state index contributed by atoms with van der Waals surface area (Å²) in [5, 5.41) is 3.63. The first-order chi connectivity index (χ1) is 14.3. The van der Waals surface area contributed by atoms with Gasteiger partial charge in [-0.1, -0.05) is 49.0 Å². The second kappa shape index (κ2) is 11.7. The van der Waals surface area contributed by atoms with Crippen molar-refractivity contribution in [2.75, 3.05) is 12.8 Å². The van der Waals surface area contributed by atoms with Crippen LogP contribution in [0.15, 0.2) is 35.5 Å². The topological polar surface area (TPSA) is 81.2 Å². The molecule has 30 heavy (non-hydrogen) atoms. The van der Waals surface area contributed by atoms with Crippen LogP contribution >= 0.6 is 11.8 Å². The fourth-order valence-corrected chi connectivity index (χ4v) is 3.75. The van der Waals surface area contributed by atoms with Crippen LogP contribution in [-0.4, -0.2) is 40.7 Å². The molecule has 0 aliphatic heterocycles. The SMILES string of the molecule is CC[C@H](CNC(=O)[C@@H](C)OC(=O)CCc1c(C)nc(SC)nc1C)c1ccccc1. The lowest BCUT2D eigenvalue weighted by atomic mass is 9.96. The summed E-state index contributed by atoms with van der Waals surface area (Å²) < 4.78 is 5.33. The monoisotopic (exact) mass is 429 g/mol. The third-order valence-corrected chi connectivity index (χ3v) is 5.67. The van der Waals surface area contributed by atoms with Crippen LogP contribution in [0.2, 0.25) is 0 Å². The molecule has 1 N–H and O–H groups in total. The molecule has 0 bridgehead atoms. The largest absolute Gasteiger partial charge is 0.453 e. The highest BCUT2D eigenvalue weighted by Crippen LogP contribution is 2.19. The van der Waals surface area contributed by atoms with Crippen molar-refractivity contribution in [3.63, 3.8) is 0 Å². The first-order valence-electron chi connectivity index (χ1n) is 10.3. The molecule has 6 nitrogen and oxygen atoms in total. The zero-order valence-electron chi connectivity index (χ0n) is 18.4. The number of hydrogen-bond acceptors (Lipinski definition) is 6. The molecule has 1 amide bonds. The summed E-state index contributed by atoms with van der Waals surface area (Å²) in [5.74, 6) is -0.452. The molecule has 0 spiro atoms. The first kappa shape index (κ1) is 23.9. The first-order valence-corrected chi connectivity index (χ1v) is 11.5. The molecular formula is C23H31N3O3S. The van der Waals surface area contributed by atoms with Crippen LogP contribution in [0.5, 0.6) is 0 Å². The lowest BCUT2D eigenvalue weighted by Gasteiger charge is -2.18. The zero-order chi connectivity index (χ0) is 22.1. The Bertz CT molecular complexity index is 835. The Kier molecular flexibility index (Phi) is 9.30. The van der Waals surface area contributed by atoms with Crippen LogP contribution in [-0.2, 0) is 20.7 Å². The number of carbonyl (C=O) groups excluding carboxylic acids is 2. The number of hydrogen-bond donors (Lipinski definition) is 1. The van der Waals surface area contributed by atoms with Crippen LogP contribution in [0.25, 0.3) is 0 Å². The minimum absolute atomic E-state index is 0.183. The van der Waals surface area contributed by atoms with Crippen LogP contribution in [0, 0.1) is 13.8 Å². The summed E-state index contributed by atoms with van der Waals surface area (Å²) in [6.45, 7) is 8.04. The van der Waals surface area contributed by atoms with Crippen molar-refractivity contribution in [3.05, 3.63) is 52.8 Å². The van der Waals surface area contributed by atoms with Gasteiger partial charge in [-0.15, -0.1) is 0 Å². The Balaban J connectivity index is 1.83. The Morgan fingerprint density at radius 3 is 2.33 bits per heavy atom. The van der Waals surface area contributed by atoms with Gasteiger partial charge in [-0.2, -0.15) is 0 Å². The van der Waals surface area contributed by atoms with E-state index in [-0.39, 0.29) is 18.2 Å². The summed E-state index contributed by atoms with van der Waals surface area (Å²) in [4.78, 5) is 33.5. The van der Waals surface area contributed by atoms with Gasteiger partial charge in [-0.25, -0.2) is 9.97 Å². The van der Waals surface area contributed by atoms with Gasteiger partial charge in [0.15, 0.2) is 11.3 Å². The van der Waals surface area contributed by atoms with E-state index in [1.54, 1.807) is 6.92 Å². The third-order valence-electron chi connectivity index (χ3n) is 5.13. The molecule has 0 radical (unpaired) electrons. The van der Waals surface area contributed by atoms with E-state index in [1.165, 1.54) is 17.3 Å². The van der Waals surface area contributed by atoms with Crippen molar-refractivity contribution in [1.29, 1.82) is 0 Å². The van der Waals surface area contributed by atoms with Gasteiger partial charge in [-0.3, -0.25) is 9.59 Å². The molecule has 7 heteroatoms. The van der Waals surface area contributed by atoms with Crippen LogP contribution in [0.3, 0.4) is 0 Å². The second-order valence-electron chi connectivity index (χ2n) is 7.25. The molecule has 2 atom stereocenters.